The summed E-state index contributed by atoms with van der Waals surface area (Å²) in [6.45, 7) is 18.2. The fourth-order valence-electron chi connectivity index (χ4n) is 1.98. The van der Waals surface area contributed by atoms with Crippen LogP contribution in [0.4, 0.5) is 4.79 Å². The number of carbonyl (C=O) groups excluding carboxylic acids is 2. The molecule has 1 N–H and O–H groups in total. The van der Waals surface area contributed by atoms with Gasteiger partial charge in [0.1, 0.15) is 5.60 Å². The number of carbonyl (C=O) groups is 2. The number of rotatable bonds is 7. The molecular weight excluding hydrogens is 338 g/mol. The summed E-state index contributed by atoms with van der Waals surface area (Å²) < 4.78 is 16.4. The maximum absolute atomic E-state index is 12.2. The number of hydrogen-bond donors (Lipinski definition) is 1. The van der Waals surface area contributed by atoms with Crippen molar-refractivity contribution in [3.05, 3.63) is 0 Å². The van der Waals surface area contributed by atoms with Crippen LogP contribution >= 0.6 is 0 Å². The Morgan fingerprint density at radius 2 is 1.60 bits per heavy atom. The fourth-order valence-corrected chi connectivity index (χ4v) is 3.43. The third kappa shape index (κ3) is 9.25. The molecule has 0 aliphatic heterocycles. The summed E-state index contributed by atoms with van der Waals surface area (Å²) in [6.07, 6.45) is -0.102. The van der Waals surface area contributed by atoms with Crippen LogP contribution in [0.15, 0.2) is 0 Å². The second-order valence-corrected chi connectivity index (χ2v) is 13.7. The number of hydrogen-bond acceptors (Lipinski definition) is 5. The van der Waals surface area contributed by atoms with Crippen LogP contribution in [0.3, 0.4) is 0 Å². The Hall–Kier alpha value is -1.08. The lowest BCUT2D eigenvalue weighted by Crippen LogP contribution is -2.51. The largest absolute Gasteiger partial charge is 0.469 e. The zero-order chi connectivity index (χ0) is 20.1. The predicted molar refractivity (Wildman–Crippen MR) is 102 cm³/mol. The first kappa shape index (κ1) is 23.9. The first-order valence-corrected chi connectivity index (χ1v) is 11.7. The first-order chi connectivity index (χ1) is 11.1. The van der Waals surface area contributed by atoms with E-state index in [1.54, 1.807) is 0 Å². The molecule has 2 atom stereocenters. The van der Waals surface area contributed by atoms with Crippen molar-refractivity contribution < 1.29 is 23.5 Å². The highest BCUT2D eigenvalue weighted by Gasteiger charge is 2.40. The molecule has 6 nitrogen and oxygen atoms in total. The molecule has 0 saturated carbocycles. The van der Waals surface area contributed by atoms with Gasteiger partial charge in [0.25, 0.3) is 0 Å². The number of ether oxygens (including phenoxy) is 2. The van der Waals surface area contributed by atoms with Crippen molar-refractivity contribution in [1.29, 1.82) is 0 Å². The normalized spacial score (nSPS) is 15.3. The Morgan fingerprint density at radius 3 is 2.00 bits per heavy atom. The molecule has 0 rings (SSSR count). The van der Waals surface area contributed by atoms with Crippen LogP contribution in [0.5, 0.6) is 0 Å². The van der Waals surface area contributed by atoms with Crippen molar-refractivity contribution in [3.63, 3.8) is 0 Å². The smallest absolute Gasteiger partial charge is 0.407 e. The molecule has 0 radical (unpaired) electrons. The summed E-state index contributed by atoms with van der Waals surface area (Å²) in [5, 5.41) is 2.91. The Bertz CT molecular complexity index is 451. The summed E-state index contributed by atoms with van der Waals surface area (Å²) in [4.78, 5) is 23.7. The topological polar surface area (TPSA) is 73.9 Å². The first-order valence-electron chi connectivity index (χ1n) is 8.83. The van der Waals surface area contributed by atoms with Gasteiger partial charge in [-0.1, -0.05) is 20.8 Å². The number of methoxy groups -OCH3 is 1. The molecule has 7 heteroatoms. The standard InChI is InChI=1S/C18H37NO5Si/c1-13(24-25(9,10)18(5,6)7)14(11-12-15(20)22-8)19-16(21)23-17(2,3)4/h13-14H,11-12H2,1-10H3,(H,19,21)/t13?,14-/m0/s1. The summed E-state index contributed by atoms with van der Waals surface area (Å²) in [6, 6.07) is -0.330. The van der Waals surface area contributed by atoms with Gasteiger partial charge in [-0.15, -0.1) is 0 Å². The summed E-state index contributed by atoms with van der Waals surface area (Å²) in [5.74, 6) is -0.310. The summed E-state index contributed by atoms with van der Waals surface area (Å²) in [7, 11) is -0.646. The van der Waals surface area contributed by atoms with Crippen LogP contribution in [0, 0.1) is 0 Å². The molecule has 0 fully saturated rings. The van der Waals surface area contributed by atoms with Crippen LogP contribution in [-0.4, -0.2) is 45.2 Å². The van der Waals surface area contributed by atoms with Crippen molar-refractivity contribution in [2.75, 3.05) is 7.11 Å². The molecule has 0 aliphatic carbocycles. The van der Waals surface area contributed by atoms with Crippen LogP contribution in [0.25, 0.3) is 0 Å². The molecule has 0 aliphatic rings. The van der Waals surface area contributed by atoms with E-state index in [-0.39, 0.29) is 29.6 Å². The van der Waals surface area contributed by atoms with Gasteiger partial charge in [-0.3, -0.25) is 4.79 Å². The highest BCUT2D eigenvalue weighted by molar-refractivity contribution is 6.74. The van der Waals surface area contributed by atoms with Crippen LogP contribution in [0.2, 0.25) is 18.1 Å². The molecule has 0 aromatic heterocycles. The molecule has 1 unspecified atom stereocenters. The summed E-state index contributed by atoms with van der Waals surface area (Å²) >= 11 is 0. The molecule has 148 valence electrons. The van der Waals surface area contributed by atoms with Gasteiger partial charge in [0.05, 0.1) is 19.3 Å². The van der Waals surface area contributed by atoms with E-state index in [0.29, 0.717) is 6.42 Å². The minimum atomic E-state index is -2.00. The highest BCUT2D eigenvalue weighted by Crippen LogP contribution is 2.37. The van der Waals surface area contributed by atoms with Crippen LogP contribution < -0.4 is 5.32 Å². The second-order valence-electron chi connectivity index (χ2n) is 8.95. The lowest BCUT2D eigenvalue weighted by molar-refractivity contribution is -0.140. The average Bonchev–Trinajstić information content (AvgIpc) is 2.38. The van der Waals surface area contributed by atoms with E-state index in [1.165, 1.54) is 7.11 Å². The van der Waals surface area contributed by atoms with Crippen LogP contribution in [-0.2, 0) is 18.7 Å². The van der Waals surface area contributed by atoms with E-state index in [9.17, 15) is 9.59 Å². The summed E-state index contributed by atoms with van der Waals surface area (Å²) in [5.41, 5.74) is -0.583. The molecule has 25 heavy (non-hydrogen) atoms. The van der Waals surface area contributed by atoms with Gasteiger partial charge >= 0.3 is 12.1 Å². The van der Waals surface area contributed by atoms with E-state index >= 15 is 0 Å². The molecule has 0 aromatic carbocycles. The Labute approximate surface area is 154 Å². The number of amides is 1. The zero-order valence-corrected chi connectivity index (χ0v) is 18.6. The molecule has 0 aromatic rings. The Kier molecular flexibility index (Phi) is 8.64. The maximum Gasteiger partial charge on any atom is 0.407 e. The fraction of sp³-hybridized carbons (Fsp3) is 0.889. The van der Waals surface area contributed by atoms with Crippen molar-refractivity contribution in [2.45, 2.75) is 97.2 Å². The number of nitrogens with one attached hydrogen (secondary N) is 1. The van der Waals surface area contributed by atoms with Gasteiger partial charge in [-0.2, -0.15) is 0 Å². The molecule has 0 heterocycles. The van der Waals surface area contributed by atoms with Crippen LogP contribution in [0.1, 0.15) is 61.3 Å². The van der Waals surface area contributed by atoms with E-state index < -0.39 is 20.0 Å². The van der Waals surface area contributed by atoms with E-state index in [0.717, 1.165) is 0 Å². The van der Waals surface area contributed by atoms with E-state index in [1.807, 2.05) is 27.7 Å². The van der Waals surface area contributed by atoms with Gasteiger partial charge in [0.15, 0.2) is 8.32 Å². The van der Waals surface area contributed by atoms with Gasteiger partial charge in [-0.25, -0.2) is 4.79 Å². The SMILES string of the molecule is COC(=O)CC[C@H](NC(=O)OC(C)(C)C)C(C)O[Si](C)(C)C(C)(C)C. The minimum absolute atomic E-state index is 0.0556. The van der Waals surface area contributed by atoms with Crippen molar-refractivity contribution in [3.8, 4) is 0 Å². The third-order valence-electron chi connectivity index (χ3n) is 4.44. The minimum Gasteiger partial charge on any atom is -0.469 e. The molecule has 0 saturated heterocycles. The Morgan fingerprint density at radius 1 is 1.08 bits per heavy atom. The quantitative estimate of drug-likeness (QED) is 0.532. The van der Waals surface area contributed by atoms with Gasteiger partial charge in [0, 0.05) is 6.42 Å². The second kappa shape index (κ2) is 9.03. The zero-order valence-electron chi connectivity index (χ0n) is 17.6. The average molecular weight is 376 g/mol. The maximum atomic E-state index is 12.2. The molecule has 0 bridgehead atoms. The Balaban J connectivity index is 5.10. The van der Waals surface area contributed by atoms with Crippen molar-refractivity contribution in [1.82, 2.24) is 5.32 Å². The third-order valence-corrected chi connectivity index (χ3v) is 9.02. The lowest BCUT2D eigenvalue weighted by Gasteiger charge is -2.40. The van der Waals surface area contributed by atoms with E-state index in [4.69, 9.17) is 13.9 Å². The van der Waals surface area contributed by atoms with E-state index in [2.05, 4.69) is 39.2 Å². The van der Waals surface area contributed by atoms with Gasteiger partial charge < -0.3 is 19.2 Å². The molecule has 1 amide bonds. The van der Waals surface area contributed by atoms with Crippen molar-refractivity contribution >= 4 is 20.4 Å². The monoisotopic (exact) mass is 375 g/mol. The molecule has 0 spiro atoms. The number of esters is 1. The van der Waals surface area contributed by atoms with Crippen molar-refractivity contribution in [2.24, 2.45) is 0 Å². The van der Waals surface area contributed by atoms with Gasteiger partial charge in [-0.05, 0) is 52.2 Å². The number of alkyl carbamates (subject to hydrolysis) is 1. The predicted octanol–water partition coefficient (Wildman–Crippen LogP) is 4.24. The lowest BCUT2D eigenvalue weighted by atomic mass is 10.1. The highest BCUT2D eigenvalue weighted by atomic mass is 28.4. The van der Waals surface area contributed by atoms with Gasteiger partial charge in [0.2, 0.25) is 0 Å². The molecular formula is C18H37NO5Si.